The number of carbonyl (C=O) groups is 1. The zero-order valence-electron chi connectivity index (χ0n) is 11.1. The van der Waals surface area contributed by atoms with Crippen molar-refractivity contribution in [1.82, 2.24) is 10.3 Å². The number of hydrogen-bond acceptors (Lipinski definition) is 4. The fraction of sp³-hybridized carbons (Fsp3) is 0.538. The van der Waals surface area contributed by atoms with Crippen LogP contribution in [0.2, 0.25) is 5.02 Å². The summed E-state index contributed by atoms with van der Waals surface area (Å²) in [6.07, 6.45) is 6.86. The molecular formula is C13H18ClN3OS. The molecule has 1 aliphatic rings. The number of nitrogens with zero attached hydrogens (tertiary/aromatic N) is 1. The van der Waals surface area contributed by atoms with Crippen molar-refractivity contribution in [2.75, 3.05) is 18.6 Å². The van der Waals surface area contributed by atoms with E-state index in [1.165, 1.54) is 6.20 Å². The molecule has 0 spiro atoms. The van der Waals surface area contributed by atoms with E-state index >= 15 is 0 Å². The summed E-state index contributed by atoms with van der Waals surface area (Å²) >= 11 is 7.91. The molecule has 0 bridgehead atoms. The standard InChI is InChI=1S/C13H18ClN3OS/c1-15-12-6-10(11(14)7-16-12)13(18)17-8-3-4-9(5-8)19-2/h6-9H,3-5H2,1-2H3,(H,15,16)(H,17,18). The van der Waals surface area contributed by atoms with Gasteiger partial charge in [0.1, 0.15) is 5.82 Å². The predicted molar refractivity (Wildman–Crippen MR) is 81.2 cm³/mol. The van der Waals surface area contributed by atoms with E-state index in [4.69, 9.17) is 11.6 Å². The molecule has 2 N–H and O–H groups in total. The van der Waals surface area contributed by atoms with E-state index in [1.807, 2.05) is 11.8 Å². The number of nitrogens with one attached hydrogen (secondary N) is 2. The second-order valence-electron chi connectivity index (χ2n) is 4.64. The molecule has 104 valence electrons. The van der Waals surface area contributed by atoms with Gasteiger partial charge >= 0.3 is 0 Å². The highest BCUT2D eigenvalue weighted by Gasteiger charge is 2.26. The van der Waals surface area contributed by atoms with Crippen molar-refractivity contribution in [3.8, 4) is 0 Å². The van der Waals surface area contributed by atoms with Gasteiger partial charge in [-0.1, -0.05) is 11.6 Å². The van der Waals surface area contributed by atoms with Gasteiger partial charge in [-0.05, 0) is 31.6 Å². The lowest BCUT2D eigenvalue weighted by molar-refractivity contribution is 0.0938. The third-order valence-corrected chi connectivity index (χ3v) is 4.81. The molecule has 0 saturated heterocycles. The Kier molecular flexibility index (Phi) is 4.93. The van der Waals surface area contributed by atoms with Crippen LogP contribution in [0.15, 0.2) is 12.3 Å². The maximum Gasteiger partial charge on any atom is 0.253 e. The van der Waals surface area contributed by atoms with Crippen LogP contribution >= 0.6 is 23.4 Å². The minimum Gasteiger partial charge on any atom is -0.373 e. The Labute approximate surface area is 122 Å². The number of thioether (sulfide) groups is 1. The van der Waals surface area contributed by atoms with E-state index < -0.39 is 0 Å². The summed E-state index contributed by atoms with van der Waals surface area (Å²) in [6, 6.07) is 1.94. The van der Waals surface area contributed by atoms with Crippen LogP contribution in [0.25, 0.3) is 0 Å². The Bertz CT molecular complexity index is 469. The number of anilines is 1. The Morgan fingerprint density at radius 1 is 1.53 bits per heavy atom. The van der Waals surface area contributed by atoms with Gasteiger partial charge in [0, 0.05) is 24.5 Å². The second kappa shape index (κ2) is 6.48. The topological polar surface area (TPSA) is 54.0 Å². The summed E-state index contributed by atoms with van der Waals surface area (Å²) in [4.78, 5) is 16.3. The van der Waals surface area contributed by atoms with Gasteiger partial charge in [0.05, 0.1) is 10.6 Å². The number of halogens is 1. The van der Waals surface area contributed by atoms with Crippen molar-refractivity contribution < 1.29 is 4.79 Å². The minimum absolute atomic E-state index is 0.115. The molecule has 0 aliphatic heterocycles. The van der Waals surface area contributed by atoms with Gasteiger partial charge < -0.3 is 10.6 Å². The second-order valence-corrected chi connectivity index (χ2v) is 6.19. The highest BCUT2D eigenvalue weighted by Crippen LogP contribution is 2.28. The first-order chi connectivity index (χ1) is 9.13. The zero-order valence-corrected chi connectivity index (χ0v) is 12.6. The van der Waals surface area contributed by atoms with Crippen LogP contribution in [0.5, 0.6) is 0 Å². The molecule has 1 aliphatic carbocycles. The summed E-state index contributed by atoms with van der Waals surface area (Å²) in [6.45, 7) is 0. The van der Waals surface area contributed by atoms with E-state index in [-0.39, 0.29) is 11.9 Å². The van der Waals surface area contributed by atoms with E-state index in [0.717, 1.165) is 19.3 Å². The Balaban J connectivity index is 2.04. The fourth-order valence-corrected chi connectivity index (χ4v) is 3.28. The van der Waals surface area contributed by atoms with Crippen molar-refractivity contribution >= 4 is 35.1 Å². The molecule has 2 atom stereocenters. The summed E-state index contributed by atoms with van der Waals surface area (Å²) in [5, 5.41) is 7.01. The van der Waals surface area contributed by atoms with Crippen molar-refractivity contribution in [2.45, 2.75) is 30.6 Å². The van der Waals surface area contributed by atoms with Gasteiger partial charge in [0.15, 0.2) is 0 Å². The molecule has 2 unspecified atom stereocenters. The SMILES string of the molecule is CNc1cc(C(=O)NC2CCC(SC)C2)c(Cl)cn1. The molecule has 1 aromatic heterocycles. The van der Waals surface area contributed by atoms with Gasteiger partial charge in [0.2, 0.25) is 0 Å². The molecule has 1 amide bonds. The monoisotopic (exact) mass is 299 g/mol. The summed E-state index contributed by atoms with van der Waals surface area (Å²) < 4.78 is 0. The first-order valence-electron chi connectivity index (χ1n) is 6.31. The molecule has 19 heavy (non-hydrogen) atoms. The van der Waals surface area contributed by atoms with Crippen molar-refractivity contribution in [3.63, 3.8) is 0 Å². The Hall–Kier alpha value is -0.940. The highest BCUT2D eigenvalue weighted by molar-refractivity contribution is 7.99. The van der Waals surface area contributed by atoms with Crippen molar-refractivity contribution in [1.29, 1.82) is 0 Å². The predicted octanol–water partition coefficient (Wildman–Crippen LogP) is 2.79. The molecule has 0 aromatic carbocycles. The molecule has 1 fully saturated rings. The van der Waals surface area contributed by atoms with Crippen LogP contribution in [0.3, 0.4) is 0 Å². The molecule has 1 heterocycles. The van der Waals surface area contributed by atoms with Crippen LogP contribution in [0.1, 0.15) is 29.6 Å². The molecule has 6 heteroatoms. The van der Waals surface area contributed by atoms with Crippen molar-refractivity contribution in [2.24, 2.45) is 0 Å². The van der Waals surface area contributed by atoms with Crippen LogP contribution in [-0.2, 0) is 0 Å². The van der Waals surface area contributed by atoms with Gasteiger partial charge in [0.25, 0.3) is 5.91 Å². The van der Waals surface area contributed by atoms with E-state index in [2.05, 4.69) is 21.9 Å². The molecule has 1 aromatic rings. The molecule has 4 nitrogen and oxygen atoms in total. The van der Waals surface area contributed by atoms with Gasteiger partial charge in [-0.15, -0.1) is 0 Å². The summed E-state index contributed by atoms with van der Waals surface area (Å²) in [7, 11) is 1.76. The van der Waals surface area contributed by atoms with E-state index in [0.29, 0.717) is 21.7 Å². The van der Waals surface area contributed by atoms with Crippen molar-refractivity contribution in [3.05, 3.63) is 22.8 Å². The lowest BCUT2D eigenvalue weighted by Gasteiger charge is -2.14. The quantitative estimate of drug-likeness (QED) is 0.897. The smallest absolute Gasteiger partial charge is 0.253 e. The first kappa shape index (κ1) is 14.5. The lowest BCUT2D eigenvalue weighted by atomic mass is 10.2. The minimum atomic E-state index is -0.115. The number of aromatic nitrogens is 1. The average molecular weight is 300 g/mol. The molecule has 0 radical (unpaired) electrons. The normalized spacial score (nSPS) is 22.3. The molecular weight excluding hydrogens is 282 g/mol. The third kappa shape index (κ3) is 3.54. The zero-order chi connectivity index (χ0) is 13.8. The largest absolute Gasteiger partial charge is 0.373 e. The van der Waals surface area contributed by atoms with Crippen LogP contribution in [-0.4, -0.2) is 35.5 Å². The maximum atomic E-state index is 12.2. The number of hydrogen-bond donors (Lipinski definition) is 2. The van der Waals surface area contributed by atoms with Gasteiger partial charge in [-0.25, -0.2) is 4.98 Å². The third-order valence-electron chi connectivity index (χ3n) is 3.41. The lowest BCUT2D eigenvalue weighted by Crippen LogP contribution is -2.33. The molecule has 1 saturated carbocycles. The highest BCUT2D eigenvalue weighted by atomic mass is 35.5. The van der Waals surface area contributed by atoms with Crippen LogP contribution in [0.4, 0.5) is 5.82 Å². The van der Waals surface area contributed by atoms with E-state index in [1.54, 1.807) is 13.1 Å². The summed E-state index contributed by atoms with van der Waals surface area (Å²) in [5.74, 6) is 0.526. The summed E-state index contributed by atoms with van der Waals surface area (Å²) in [5.41, 5.74) is 0.480. The first-order valence-corrected chi connectivity index (χ1v) is 7.97. The number of pyridine rings is 1. The Morgan fingerprint density at radius 3 is 2.95 bits per heavy atom. The molecule has 2 rings (SSSR count). The van der Waals surface area contributed by atoms with Crippen LogP contribution < -0.4 is 10.6 Å². The number of carbonyl (C=O) groups excluding carboxylic acids is 1. The van der Waals surface area contributed by atoms with Gasteiger partial charge in [-0.2, -0.15) is 11.8 Å². The number of rotatable bonds is 4. The number of amides is 1. The van der Waals surface area contributed by atoms with E-state index in [9.17, 15) is 4.79 Å². The van der Waals surface area contributed by atoms with Crippen LogP contribution in [0, 0.1) is 0 Å². The van der Waals surface area contributed by atoms with Gasteiger partial charge in [-0.3, -0.25) is 4.79 Å². The average Bonchev–Trinajstić information content (AvgIpc) is 2.87. The maximum absolute atomic E-state index is 12.2. The Morgan fingerprint density at radius 2 is 2.32 bits per heavy atom. The fourth-order valence-electron chi connectivity index (χ4n) is 2.30.